The van der Waals surface area contributed by atoms with E-state index in [1.54, 1.807) is 0 Å². The van der Waals surface area contributed by atoms with Crippen molar-refractivity contribution in [2.75, 3.05) is 6.61 Å². The van der Waals surface area contributed by atoms with E-state index in [9.17, 15) is 4.79 Å². The molecule has 2 aromatic heterocycles. The molecule has 0 aliphatic rings. The lowest BCUT2D eigenvalue weighted by Gasteiger charge is -2.05. The second-order valence-electron chi connectivity index (χ2n) is 5.88. The van der Waals surface area contributed by atoms with Gasteiger partial charge in [0.05, 0.1) is 6.61 Å². The van der Waals surface area contributed by atoms with Crippen LogP contribution in [0.5, 0.6) is 5.75 Å². The Hall–Kier alpha value is -3.01. The molecule has 0 radical (unpaired) electrons. The van der Waals surface area contributed by atoms with Gasteiger partial charge in [-0.05, 0) is 43.2 Å². The van der Waals surface area contributed by atoms with Crippen molar-refractivity contribution in [3.8, 4) is 17.1 Å². The highest BCUT2D eigenvalue weighted by Crippen LogP contribution is 2.36. The van der Waals surface area contributed by atoms with E-state index in [0.29, 0.717) is 29.3 Å². The highest BCUT2D eigenvalue weighted by Gasteiger charge is 2.15. The maximum Gasteiger partial charge on any atom is 0.336 e. The minimum Gasteiger partial charge on any atom is -0.490 e. The Morgan fingerprint density at radius 2 is 1.88 bits per heavy atom. The highest BCUT2D eigenvalue weighted by molar-refractivity contribution is 5.96. The van der Waals surface area contributed by atoms with Crippen molar-refractivity contribution in [1.29, 1.82) is 0 Å². The largest absolute Gasteiger partial charge is 0.490 e. The normalized spacial score (nSPS) is 11.3. The fraction of sp³-hybridized carbons (Fsp3) is 0.190. The molecule has 2 aromatic carbocycles. The Kier molecular flexibility index (Phi) is 3.80. The molecule has 0 saturated heterocycles. The number of hydrogen-bond donors (Lipinski definition) is 0. The summed E-state index contributed by atoms with van der Waals surface area (Å²) in [7, 11) is 0. The molecule has 4 rings (SSSR count). The second kappa shape index (κ2) is 6.13. The van der Waals surface area contributed by atoms with Crippen molar-refractivity contribution in [1.82, 2.24) is 0 Å². The third-order valence-electron chi connectivity index (χ3n) is 4.29. The van der Waals surface area contributed by atoms with Gasteiger partial charge in [-0.3, -0.25) is 0 Å². The average Bonchev–Trinajstić information content (AvgIpc) is 3.06. The van der Waals surface area contributed by atoms with Crippen molar-refractivity contribution >= 4 is 21.9 Å². The van der Waals surface area contributed by atoms with Gasteiger partial charge < -0.3 is 13.6 Å². The molecule has 0 bridgehead atoms. The van der Waals surface area contributed by atoms with E-state index < -0.39 is 5.63 Å². The zero-order chi connectivity index (χ0) is 17.4. The van der Waals surface area contributed by atoms with Gasteiger partial charge >= 0.3 is 5.63 Å². The van der Waals surface area contributed by atoms with E-state index in [2.05, 4.69) is 6.92 Å². The predicted octanol–water partition coefficient (Wildman–Crippen LogP) is 5.17. The lowest BCUT2D eigenvalue weighted by atomic mass is 10.0. The van der Waals surface area contributed by atoms with Gasteiger partial charge in [-0.15, -0.1) is 0 Å². The summed E-state index contributed by atoms with van der Waals surface area (Å²) in [6, 6.07) is 15.1. The molecule has 4 aromatic rings. The molecule has 126 valence electrons. The molecule has 0 unspecified atom stereocenters. The highest BCUT2D eigenvalue weighted by atomic mass is 16.5. The molecule has 0 spiro atoms. The van der Waals surface area contributed by atoms with E-state index in [4.69, 9.17) is 13.6 Å². The first kappa shape index (κ1) is 15.5. The Labute approximate surface area is 144 Å². The summed E-state index contributed by atoms with van der Waals surface area (Å²) in [4.78, 5) is 12.0. The predicted molar refractivity (Wildman–Crippen MR) is 98.2 cm³/mol. The van der Waals surface area contributed by atoms with Gasteiger partial charge in [0, 0.05) is 22.4 Å². The SMILES string of the molecule is CCOc1cccc2cc(-c3cc(=O)oc4ccc(CC)cc34)oc12. The second-order valence-corrected chi connectivity index (χ2v) is 5.88. The van der Waals surface area contributed by atoms with Crippen molar-refractivity contribution in [2.45, 2.75) is 20.3 Å². The van der Waals surface area contributed by atoms with Crippen LogP contribution in [0.25, 0.3) is 33.3 Å². The summed E-state index contributed by atoms with van der Waals surface area (Å²) in [5, 5.41) is 1.81. The zero-order valence-electron chi connectivity index (χ0n) is 14.2. The topological polar surface area (TPSA) is 52.6 Å². The molecule has 25 heavy (non-hydrogen) atoms. The Morgan fingerprint density at radius 3 is 2.68 bits per heavy atom. The minimum absolute atomic E-state index is 0.391. The van der Waals surface area contributed by atoms with Crippen LogP contribution < -0.4 is 10.4 Å². The average molecular weight is 334 g/mol. The summed E-state index contributed by atoms with van der Waals surface area (Å²) < 4.78 is 17.0. The Morgan fingerprint density at radius 1 is 1.00 bits per heavy atom. The summed E-state index contributed by atoms with van der Waals surface area (Å²) in [5.74, 6) is 1.33. The standard InChI is InChI=1S/C21H18O4/c1-3-13-8-9-17-15(10-13)16(12-20(22)24-17)19-11-14-6-5-7-18(23-4-2)21(14)25-19/h5-12H,3-4H2,1-2H3. The molecule has 0 saturated carbocycles. The molecule has 0 fully saturated rings. The first-order valence-corrected chi connectivity index (χ1v) is 8.42. The maximum absolute atomic E-state index is 12.0. The molecule has 4 nitrogen and oxygen atoms in total. The zero-order valence-corrected chi connectivity index (χ0v) is 14.2. The third-order valence-corrected chi connectivity index (χ3v) is 4.29. The van der Waals surface area contributed by atoms with Gasteiger partial charge in [-0.2, -0.15) is 0 Å². The van der Waals surface area contributed by atoms with E-state index in [0.717, 1.165) is 22.8 Å². The van der Waals surface area contributed by atoms with Crippen LogP contribution in [0.3, 0.4) is 0 Å². The molecule has 0 N–H and O–H groups in total. The molecule has 0 amide bonds. The summed E-state index contributed by atoms with van der Waals surface area (Å²) in [5.41, 5.74) is 2.77. The first-order chi connectivity index (χ1) is 12.2. The van der Waals surface area contributed by atoms with Gasteiger partial charge in [0.1, 0.15) is 11.3 Å². The van der Waals surface area contributed by atoms with Crippen LogP contribution in [0, 0.1) is 0 Å². The molecule has 0 atom stereocenters. The lowest BCUT2D eigenvalue weighted by Crippen LogP contribution is -1.98. The fourth-order valence-electron chi connectivity index (χ4n) is 3.07. The van der Waals surface area contributed by atoms with Gasteiger partial charge in [0.15, 0.2) is 11.3 Å². The maximum atomic E-state index is 12.0. The molecular weight excluding hydrogens is 316 g/mol. The monoisotopic (exact) mass is 334 g/mol. The molecule has 4 heteroatoms. The number of hydrogen-bond acceptors (Lipinski definition) is 4. The van der Waals surface area contributed by atoms with E-state index in [1.807, 2.05) is 49.4 Å². The van der Waals surface area contributed by atoms with Crippen molar-refractivity contribution in [3.63, 3.8) is 0 Å². The van der Waals surface area contributed by atoms with Gasteiger partial charge in [0.2, 0.25) is 0 Å². The van der Waals surface area contributed by atoms with Gasteiger partial charge in [-0.1, -0.05) is 25.1 Å². The number of aryl methyl sites for hydroxylation is 1. The van der Waals surface area contributed by atoms with E-state index in [1.165, 1.54) is 11.6 Å². The fourth-order valence-corrected chi connectivity index (χ4v) is 3.07. The number of fused-ring (bicyclic) bond motifs is 2. The van der Waals surface area contributed by atoms with Crippen LogP contribution in [0.2, 0.25) is 0 Å². The number of ether oxygens (including phenoxy) is 1. The van der Waals surface area contributed by atoms with E-state index in [-0.39, 0.29) is 0 Å². The van der Waals surface area contributed by atoms with Crippen LogP contribution in [0.4, 0.5) is 0 Å². The quantitative estimate of drug-likeness (QED) is 0.483. The number of benzene rings is 2. The summed E-state index contributed by atoms with van der Waals surface area (Å²) >= 11 is 0. The van der Waals surface area contributed by atoms with E-state index >= 15 is 0 Å². The Balaban J connectivity index is 1.99. The molecule has 0 aliphatic heterocycles. The summed E-state index contributed by atoms with van der Waals surface area (Å²) in [6.07, 6.45) is 0.906. The van der Waals surface area contributed by atoms with Crippen molar-refractivity contribution in [3.05, 3.63) is 64.5 Å². The molecule has 2 heterocycles. The Bertz CT molecular complexity index is 1120. The van der Waals surface area contributed by atoms with Crippen LogP contribution in [0.15, 0.2) is 62.2 Å². The number of furan rings is 1. The smallest absolute Gasteiger partial charge is 0.336 e. The van der Waals surface area contributed by atoms with Crippen LogP contribution in [0.1, 0.15) is 19.4 Å². The van der Waals surface area contributed by atoms with Crippen molar-refractivity contribution in [2.24, 2.45) is 0 Å². The lowest BCUT2D eigenvalue weighted by molar-refractivity contribution is 0.339. The van der Waals surface area contributed by atoms with Crippen LogP contribution in [-0.2, 0) is 6.42 Å². The molecule has 0 aliphatic carbocycles. The van der Waals surface area contributed by atoms with Gasteiger partial charge in [-0.25, -0.2) is 4.79 Å². The summed E-state index contributed by atoms with van der Waals surface area (Å²) in [6.45, 7) is 4.59. The van der Waals surface area contributed by atoms with Crippen molar-refractivity contribution < 1.29 is 13.6 Å². The van der Waals surface area contributed by atoms with Gasteiger partial charge in [0.25, 0.3) is 0 Å². The minimum atomic E-state index is -0.391. The van der Waals surface area contributed by atoms with Crippen LogP contribution in [-0.4, -0.2) is 6.61 Å². The molecular formula is C21H18O4. The first-order valence-electron chi connectivity index (χ1n) is 8.42. The third kappa shape index (κ3) is 2.70. The van der Waals surface area contributed by atoms with Crippen LogP contribution >= 0.6 is 0 Å². The number of para-hydroxylation sites is 1. The number of rotatable bonds is 4.